The second-order valence-corrected chi connectivity index (χ2v) is 4.12. The molecule has 1 rings (SSSR count). The third-order valence-electron chi connectivity index (χ3n) is 2.75. The molecule has 0 amide bonds. The SMILES string of the molecule is CNC(c1ccc(OC)cc1OC)C(C)C. The van der Waals surface area contributed by atoms with Crippen LogP contribution in [-0.4, -0.2) is 21.3 Å². The highest BCUT2D eigenvalue weighted by Gasteiger charge is 2.18. The van der Waals surface area contributed by atoms with Crippen molar-refractivity contribution in [2.24, 2.45) is 5.92 Å². The Hall–Kier alpha value is -1.22. The van der Waals surface area contributed by atoms with Gasteiger partial charge in [-0.2, -0.15) is 0 Å². The average Bonchev–Trinajstić information content (AvgIpc) is 2.29. The van der Waals surface area contributed by atoms with Gasteiger partial charge >= 0.3 is 0 Å². The standard InChI is InChI=1S/C13H21NO2/c1-9(2)13(14-3)11-7-6-10(15-4)8-12(11)16-5/h6-9,13-14H,1-5H3. The molecule has 0 bridgehead atoms. The molecule has 0 aliphatic rings. The predicted octanol–water partition coefficient (Wildman–Crippen LogP) is 2.62. The second kappa shape index (κ2) is 5.75. The highest BCUT2D eigenvalue weighted by molar-refractivity contribution is 5.42. The molecule has 16 heavy (non-hydrogen) atoms. The number of ether oxygens (including phenoxy) is 2. The van der Waals surface area contributed by atoms with E-state index in [0.717, 1.165) is 11.5 Å². The quantitative estimate of drug-likeness (QED) is 0.832. The van der Waals surface area contributed by atoms with Crippen LogP contribution < -0.4 is 14.8 Å². The lowest BCUT2D eigenvalue weighted by atomic mass is 9.95. The lowest BCUT2D eigenvalue weighted by Gasteiger charge is -2.23. The zero-order valence-corrected chi connectivity index (χ0v) is 10.7. The first-order valence-electron chi connectivity index (χ1n) is 5.53. The summed E-state index contributed by atoms with van der Waals surface area (Å²) in [5.41, 5.74) is 1.17. The molecule has 0 spiro atoms. The van der Waals surface area contributed by atoms with Crippen molar-refractivity contribution in [3.63, 3.8) is 0 Å². The molecular formula is C13H21NO2. The summed E-state index contributed by atoms with van der Waals surface area (Å²) in [6, 6.07) is 6.23. The van der Waals surface area contributed by atoms with Crippen molar-refractivity contribution in [1.82, 2.24) is 5.32 Å². The van der Waals surface area contributed by atoms with Gasteiger partial charge in [-0.05, 0) is 19.0 Å². The summed E-state index contributed by atoms with van der Waals surface area (Å²) >= 11 is 0. The summed E-state index contributed by atoms with van der Waals surface area (Å²) in [6.45, 7) is 4.37. The van der Waals surface area contributed by atoms with Crippen molar-refractivity contribution in [1.29, 1.82) is 0 Å². The molecule has 0 radical (unpaired) electrons. The normalized spacial score (nSPS) is 12.6. The first-order valence-corrected chi connectivity index (χ1v) is 5.53. The van der Waals surface area contributed by atoms with Crippen molar-refractivity contribution in [3.05, 3.63) is 23.8 Å². The van der Waals surface area contributed by atoms with E-state index in [2.05, 4.69) is 25.2 Å². The Bertz CT molecular complexity index is 337. The molecule has 0 aliphatic carbocycles. The molecule has 3 nitrogen and oxygen atoms in total. The van der Waals surface area contributed by atoms with Crippen LogP contribution in [0.4, 0.5) is 0 Å². The topological polar surface area (TPSA) is 30.5 Å². The van der Waals surface area contributed by atoms with Crippen molar-refractivity contribution >= 4 is 0 Å². The van der Waals surface area contributed by atoms with Crippen LogP contribution >= 0.6 is 0 Å². The first kappa shape index (κ1) is 12.8. The van der Waals surface area contributed by atoms with E-state index in [9.17, 15) is 0 Å². The number of nitrogens with one attached hydrogen (secondary N) is 1. The summed E-state index contributed by atoms with van der Waals surface area (Å²) < 4.78 is 10.6. The van der Waals surface area contributed by atoms with Gasteiger partial charge in [0.05, 0.1) is 14.2 Å². The Balaban J connectivity index is 3.11. The Morgan fingerprint density at radius 2 is 1.81 bits per heavy atom. The molecule has 0 fully saturated rings. The third kappa shape index (κ3) is 2.67. The predicted molar refractivity (Wildman–Crippen MR) is 66.2 cm³/mol. The van der Waals surface area contributed by atoms with E-state index in [1.54, 1.807) is 14.2 Å². The van der Waals surface area contributed by atoms with Gasteiger partial charge < -0.3 is 14.8 Å². The van der Waals surface area contributed by atoms with Crippen LogP contribution in [0.3, 0.4) is 0 Å². The molecular weight excluding hydrogens is 202 g/mol. The van der Waals surface area contributed by atoms with Crippen LogP contribution in [0.1, 0.15) is 25.5 Å². The van der Waals surface area contributed by atoms with Gasteiger partial charge in [-0.3, -0.25) is 0 Å². The zero-order chi connectivity index (χ0) is 12.1. The Morgan fingerprint density at radius 1 is 1.12 bits per heavy atom. The van der Waals surface area contributed by atoms with Crippen LogP contribution in [0, 0.1) is 5.92 Å². The monoisotopic (exact) mass is 223 g/mol. The number of benzene rings is 1. The maximum atomic E-state index is 5.40. The number of hydrogen-bond donors (Lipinski definition) is 1. The van der Waals surface area contributed by atoms with Gasteiger partial charge in [-0.25, -0.2) is 0 Å². The molecule has 0 aliphatic heterocycles. The van der Waals surface area contributed by atoms with E-state index in [0.29, 0.717) is 12.0 Å². The minimum atomic E-state index is 0.292. The van der Waals surface area contributed by atoms with Crippen molar-refractivity contribution in [3.8, 4) is 11.5 Å². The van der Waals surface area contributed by atoms with Crippen LogP contribution in [0.25, 0.3) is 0 Å². The first-order chi connectivity index (χ1) is 7.63. The van der Waals surface area contributed by atoms with Gasteiger partial charge in [0.2, 0.25) is 0 Å². The fourth-order valence-corrected chi connectivity index (χ4v) is 1.92. The molecule has 0 heterocycles. The second-order valence-electron chi connectivity index (χ2n) is 4.12. The summed E-state index contributed by atoms with van der Waals surface area (Å²) in [5, 5.41) is 3.31. The largest absolute Gasteiger partial charge is 0.497 e. The lowest BCUT2D eigenvalue weighted by Crippen LogP contribution is -2.22. The smallest absolute Gasteiger partial charge is 0.127 e. The fraction of sp³-hybridized carbons (Fsp3) is 0.538. The molecule has 1 atom stereocenters. The summed E-state index contributed by atoms with van der Waals surface area (Å²) in [7, 11) is 5.31. The number of rotatable bonds is 5. The molecule has 90 valence electrons. The molecule has 1 unspecified atom stereocenters. The lowest BCUT2D eigenvalue weighted by molar-refractivity contribution is 0.372. The zero-order valence-electron chi connectivity index (χ0n) is 10.7. The maximum Gasteiger partial charge on any atom is 0.127 e. The summed E-state index contributed by atoms with van der Waals surface area (Å²) in [6.07, 6.45) is 0. The minimum absolute atomic E-state index is 0.292. The van der Waals surface area contributed by atoms with Gasteiger partial charge in [0.25, 0.3) is 0 Å². The summed E-state index contributed by atoms with van der Waals surface area (Å²) in [5.74, 6) is 2.19. The summed E-state index contributed by atoms with van der Waals surface area (Å²) in [4.78, 5) is 0. The van der Waals surface area contributed by atoms with Crippen molar-refractivity contribution in [2.75, 3.05) is 21.3 Å². The number of hydrogen-bond acceptors (Lipinski definition) is 3. The van der Waals surface area contributed by atoms with Gasteiger partial charge in [-0.1, -0.05) is 19.9 Å². The van der Waals surface area contributed by atoms with E-state index < -0.39 is 0 Å². The molecule has 1 aromatic carbocycles. The van der Waals surface area contributed by atoms with Gasteiger partial charge in [0.15, 0.2) is 0 Å². The van der Waals surface area contributed by atoms with E-state index in [4.69, 9.17) is 9.47 Å². The van der Waals surface area contributed by atoms with E-state index in [1.807, 2.05) is 19.2 Å². The van der Waals surface area contributed by atoms with Crippen molar-refractivity contribution < 1.29 is 9.47 Å². The maximum absolute atomic E-state index is 5.40. The highest BCUT2D eigenvalue weighted by atomic mass is 16.5. The van der Waals surface area contributed by atoms with Gasteiger partial charge in [0, 0.05) is 17.7 Å². The van der Waals surface area contributed by atoms with Crippen molar-refractivity contribution in [2.45, 2.75) is 19.9 Å². The Morgan fingerprint density at radius 3 is 2.25 bits per heavy atom. The highest BCUT2D eigenvalue weighted by Crippen LogP contribution is 2.32. The molecule has 3 heteroatoms. The molecule has 1 N–H and O–H groups in total. The van der Waals surface area contributed by atoms with Crippen LogP contribution in [-0.2, 0) is 0 Å². The van der Waals surface area contributed by atoms with Crippen LogP contribution in [0.2, 0.25) is 0 Å². The molecule has 1 aromatic rings. The minimum Gasteiger partial charge on any atom is -0.497 e. The number of methoxy groups -OCH3 is 2. The van der Waals surface area contributed by atoms with Gasteiger partial charge in [-0.15, -0.1) is 0 Å². The van der Waals surface area contributed by atoms with Gasteiger partial charge in [0.1, 0.15) is 11.5 Å². The third-order valence-corrected chi connectivity index (χ3v) is 2.75. The Labute approximate surface area is 97.8 Å². The van der Waals surface area contributed by atoms with E-state index in [1.165, 1.54) is 5.56 Å². The molecule has 0 saturated heterocycles. The molecule has 0 aromatic heterocycles. The van der Waals surface area contributed by atoms with E-state index in [-0.39, 0.29) is 0 Å². The van der Waals surface area contributed by atoms with E-state index >= 15 is 0 Å². The Kier molecular flexibility index (Phi) is 4.62. The fourth-order valence-electron chi connectivity index (χ4n) is 1.92. The average molecular weight is 223 g/mol. The van der Waals surface area contributed by atoms with Crippen LogP contribution in [0.5, 0.6) is 11.5 Å². The molecule has 0 saturated carbocycles. The van der Waals surface area contributed by atoms with Crippen LogP contribution in [0.15, 0.2) is 18.2 Å².